The SMILES string of the molecule is CC1CCCC1CN1C(=O)CNC1c1ccccc1. The summed E-state index contributed by atoms with van der Waals surface area (Å²) in [4.78, 5) is 14.2. The first-order valence-corrected chi connectivity index (χ1v) is 7.33. The van der Waals surface area contributed by atoms with Gasteiger partial charge >= 0.3 is 0 Å². The Labute approximate surface area is 115 Å². The molecular weight excluding hydrogens is 236 g/mol. The number of nitrogens with one attached hydrogen (secondary N) is 1. The quantitative estimate of drug-likeness (QED) is 0.903. The van der Waals surface area contributed by atoms with Crippen LogP contribution in [0.1, 0.15) is 37.9 Å². The Hall–Kier alpha value is -1.35. The van der Waals surface area contributed by atoms with E-state index in [2.05, 4.69) is 24.4 Å². The van der Waals surface area contributed by atoms with Crippen LogP contribution in [0.15, 0.2) is 30.3 Å². The highest BCUT2D eigenvalue weighted by Crippen LogP contribution is 2.34. The maximum Gasteiger partial charge on any atom is 0.238 e. The molecule has 0 radical (unpaired) electrons. The second-order valence-corrected chi connectivity index (χ2v) is 5.91. The Morgan fingerprint density at radius 3 is 2.74 bits per heavy atom. The van der Waals surface area contributed by atoms with Gasteiger partial charge in [0.05, 0.1) is 6.54 Å². The van der Waals surface area contributed by atoms with Gasteiger partial charge in [-0.3, -0.25) is 10.1 Å². The molecule has 1 aromatic carbocycles. The van der Waals surface area contributed by atoms with Crippen molar-refractivity contribution in [2.45, 2.75) is 32.4 Å². The fourth-order valence-electron chi connectivity index (χ4n) is 3.43. The first-order valence-electron chi connectivity index (χ1n) is 7.33. The Bertz CT molecular complexity index is 445. The normalized spacial score (nSPS) is 31.1. The number of amides is 1. The molecule has 0 aromatic heterocycles. The van der Waals surface area contributed by atoms with E-state index in [9.17, 15) is 4.79 Å². The number of nitrogens with zero attached hydrogens (tertiary/aromatic N) is 1. The average Bonchev–Trinajstić information content (AvgIpc) is 2.99. The molecule has 3 atom stereocenters. The maximum atomic E-state index is 12.1. The van der Waals surface area contributed by atoms with Crippen molar-refractivity contribution in [3.63, 3.8) is 0 Å². The summed E-state index contributed by atoms with van der Waals surface area (Å²) < 4.78 is 0. The summed E-state index contributed by atoms with van der Waals surface area (Å²) in [6.45, 7) is 3.70. The number of hydrogen-bond donors (Lipinski definition) is 1. The predicted molar refractivity (Wildman–Crippen MR) is 75.4 cm³/mol. The van der Waals surface area contributed by atoms with Gasteiger partial charge in [0.15, 0.2) is 0 Å². The van der Waals surface area contributed by atoms with E-state index < -0.39 is 0 Å². The highest BCUT2D eigenvalue weighted by Gasteiger charge is 2.35. The minimum Gasteiger partial charge on any atom is -0.322 e. The molecule has 3 unspecified atom stereocenters. The summed E-state index contributed by atoms with van der Waals surface area (Å²) in [7, 11) is 0. The van der Waals surface area contributed by atoms with Crippen LogP contribution < -0.4 is 5.32 Å². The van der Waals surface area contributed by atoms with Crippen LogP contribution >= 0.6 is 0 Å². The van der Waals surface area contributed by atoms with E-state index in [-0.39, 0.29) is 12.1 Å². The van der Waals surface area contributed by atoms with Crippen molar-refractivity contribution in [2.24, 2.45) is 11.8 Å². The fraction of sp³-hybridized carbons (Fsp3) is 0.562. The zero-order valence-corrected chi connectivity index (χ0v) is 11.5. The lowest BCUT2D eigenvalue weighted by molar-refractivity contribution is -0.128. The summed E-state index contributed by atoms with van der Waals surface area (Å²) in [5, 5.41) is 3.34. The molecular formula is C16H22N2O. The first kappa shape index (κ1) is 12.7. The highest BCUT2D eigenvalue weighted by molar-refractivity contribution is 5.81. The Balaban J connectivity index is 1.75. The minimum atomic E-state index is 0.0708. The number of rotatable bonds is 3. The van der Waals surface area contributed by atoms with Gasteiger partial charge in [0.1, 0.15) is 6.17 Å². The summed E-state index contributed by atoms with van der Waals surface area (Å²) in [5.74, 6) is 1.67. The number of hydrogen-bond acceptors (Lipinski definition) is 2. The lowest BCUT2D eigenvalue weighted by Crippen LogP contribution is -2.35. The van der Waals surface area contributed by atoms with E-state index in [0.29, 0.717) is 12.5 Å². The standard InChI is InChI=1S/C16H22N2O/c1-12-6-5-9-14(12)11-18-15(19)10-17-16(18)13-7-3-2-4-8-13/h2-4,7-8,12,14,16-17H,5-6,9-11H2,1H3. The molecule has 1 saturated carbocycles. The lowest BCUT2D eigenvalue weighted by Gasteiger charge is -2.29. The van der Waals surface area contributed by atoms with E-state index in [0.717, 1.165) is 12.5 Å². The Morgan fingerprint density at radius 1 is 1.26 bits per heavy atom. The van der Waals surface area contributed by atoms with Gasteiger partial charge in [0.2, 0.25) is 5.91 Å². The van der Waals surface area contributed by atoms with Crippen LogP contribution in [0.2, 0.25) is 0 Å². The molecule has 1 aromatic rings. The number of carbonyl (C=O) groups is 1. The summed E-state index contributed by atoms with van der Waals surface area (Å²) in [6, 6.07) is 10.3. The monoisotopic (exact) mass is 258 g/mol. The molecule has 3 rings (SSSR count). The third kappa shape index (κ3) is 2.52. The van der Waals surface area contributed by atoms with E-state index >= 15 is 0 Å². The average molecular weight is 258 g/mol. The van der Waals surface area contributed by atoms with Crippen molar-refractivity contribution < 1.29 is 4.79 Å². The van der Waals surface area contributed by atoms with E-state index in [1.807, 2.05) is 23.1 Å². The lowest BCUT2D eigenvalue weighted by atomic mass is 9.97. The molecule has 0 spiro atoms. The largest absolute Gasteiger partial charge is 0.322 e. The maximum absolute atomic E-state index is 12.1. The second kappa shape index (κ2) is 5.33. The molecule has 1 aliphatic heterocycles. The van der Waals surface area contributed by atoms with E-state index in [4.69, 9.17) is 0 Å². The van der Waals surface area contributed by atoms with Gasteiger partial charge in [-0.1, -0.05) is 50.1 Å². The van der Waals surface area contributed by atoms with Crippen molar-refractivity contribution in [2.75, 3.05) is 13.1 Å². The van der Waals surface area contributed by atoms with Gasteiger partial charge < -0.3 is 4.90 Å². The van der Waals surface area contributed by atoms with Crippen LogP contribution in [0.5, 0.6) is 0 Å². The van der Waals surface area contributed by atoms with Gasteiger partial charge in [-0.05, 0) is 23.8 Å². The first-order chi connectivity index (χ1) is 9.25. The van der Waals surface area contributed by atoms with Crippen molar-refractivity contribution in [1.29, 1.82) is 0 Å². The molecule has 3 nitrogen and oxygen atoms in total. The van der Waals surface area contributed by atoms with Gasteiger partial charge in [0.25, 0.3) is 0 Å². The predicted octanol–water partition coefficient (Wildman–Crippen LogP) is 2.55. The topological polar surface area (TPSA) is 32.3 Å². The Kier molecular flexibility index (Phi) is 3.56. The van der Waals surface area contributed by atoms with Crippen LogP contribution in [-0.2, 0) is 4.79 Å². The zero-order valence-electron chi connectivity index (χ0n) is 11.5. The molecule has 0 bridgehead atoms. The molecule has 3 heteroatoms. The van der Waals surface area contributed by atoms with Crippen molar-refractivity contribution in [1.82, 2.24) is 10.2 Å². The fourth-order valence-corrected chi connectivity index (χ4v) is 3.43. The molecule has 19 heavy (non-hydrogen) atoms. The molecule has 2 aliphatic rings. The van der Waals surface area contributed by atoms with Gasteiger partial charge in [0, 0.05) is 6.54 Å². The third-order valence-corrected chi connectivity index (χ3v) is 4.66. The number of carbonyl (C=O) groups excluding carboxylic acids is 1. The minimum absolute atomic E-state index is 0.0708. The van der Waals surface area contributed by atoms with Gasteiger partial charge in [-0.15, -0.1) is 0 Å². The van der Waals surface area contributed by atoms with Crippen LogP contribution in [0.3, 0.4) is 0 Å². The molecule has 102 valence electrons. The Morgan fingerprint density at radius 2 is 2.05 bits per heavy atom. The van der Waals surface area contributed by atoms with Crippen LogP contribution in [0.4, 0.5) is 0 Å². The molecule has 2 fully saturated rings. The zero-order chi connectivity index (χ0) is 13.2. The van der Waals surface area contributed by atoms with E-state index in [1.165, 1.54) is 24.8 Å². The number of benzene rings is 1. The molecule has 1 heterocycles. The van der Waals surface area contributed by atoms with Crippen LogP contribution in [-0.4, -0.2) is 23.9 Å². The van der Waals surface area contributed by atoms with Crippen molar-refractivity contribution >= 4 is 5.91 Å². The van der Waals surface area contributed by atoms with E-state index in [1.54, 1.807) is 0 Å². The smallest absolute Gasteiger partial charge is 0.238 e. The highest BCUT2D eigenvalue weighted by atomic mass is 16.2. The van der Waals surface area contributed by atoms with Crippen molar-refractivity contribution in [3.05, 3.63) is 35.9 Å². The molecule has 1 saturated heterocycles. The summed E-state index contributed by atoms with van der Waals surface area (Å²) in [5.41, 5.74) is 1.19. The molecule has 1 N–H and O–H groups in total. The summed E-state index contributed by atoms with van der Waals surface area (Å²) >= 11 is 0. The second-order valence-electron chi connectivity index (χ2n) is 5.91. The summed E-state index contributed by atoms with van der Waals surface area (Å²) in [6.07, 6.45) is 3.97. The third-order valence-electron chi connectivity index (χ3n) is 4.66. The van der Waals surface area contributed by atoms with Gasteiger partial charge in [-0.2, -0.15) is 0 Å². The van der Waals surface area contributed by atoms with Crippen molar-refractivity contribution in [3.8, 4) is 0 Å². The van der Waals surface area contributed by atoms with Gasteiger partial charge in [-0.25, -0.2) is 0 Å². The van der Waals surface area contributed by atoms with Crippen LogP contribution in [0.25, 0.3) is 0 Å². The molecule has 1 amide bonds. The van der Waals surface area contributed by atoms with Crippen LogP contribution in [0, 0.1) is 11.8 Å². The molecule has 1 aliphatic carbocycles.